The van der Waals surface area contributed by atoms with Crippen LogP contribution in [-0.4, -0.2) is 31.1 Å². The van der Waals surface area contributed by atoms with Crippen LogP contribution in [0.3, 0.4) is 0 Å². The molecule has 0 amide bonds. The van der Waals surface area contributed by atoms with Crippen molar-refractivity contribution in [3.8, 4) is 0 Å². The Balaban J connectivity index is 1.64. The first-order valence-electron chi connectivity index (χ1n) is 6.30. The van der Waals surface area contributed by atoms with Crippen LogP contribution in [0.1, 0.15) is 11.1 Å². The van der Waals surface area contributed by atoms with Crippen molar-refractivity contribution >= 4 is 0 Å². The second kappa shape index (κ2) is 4.19. The maximum atomic E-state index is 3.49. The van der Waals surface area contributed by atoms with E-state index in [2.05, 4.69) is 41.4 Å². The third-order valence-corrected chi connectivity index (χ3v) is 3.95. The molecule has 3 rings (SSSR count). The molecule has 1 aromatic carbocycles. The Hall–Kier alpha value is -0.860. The molecule has 2 aliphatic rings. The predicted molar refractivity (Wildman–Crippen MR) is 66.3 cm³/mol. The third-order valence-electron chi connectivity index (χ3n) is 3.95. The Morgan fingerprint density at radius 1 is 1.25 bits per heavy atom. The highest BCUT2D eigenvalue weighted by Crippen LogP contribution is 2.27. The van der Waals surface area contributed by atoms with Crippen LogP contribution < -0.4 is 5.32 Å². The van der Waals surface area contributed by atoms with Gasteiger partial charge in [0.2, 0.25) is 0 Å². The van der Waals surface area contributed by atoms with Gasteiger partial charge in [0.15, 0.2) is 0 Å². The Labute approximate surface area is 97.6 Å². The van der Waals surface area contributed by atoms with Crippen molar-refractivity contribution < 1.29 is 0 Å². The van der Waals surface area contributed by atoms with Gasteiger partial charge in [-0.05, 0) is 37.4 Å². The molecule has 0 bridgehead atoms. The number of rotatable bonds is 2. The molecule has 0 saturated carbocycles. The first kappa shape index (κ1) is 10.3. The number of nitrogens with zero attached hydrogens (tertiary/aromatic N) is 1. The quantitative estimate of drug-likeness (QED) is 0.808. The third kappa shape index (κ3) is 2.00. The number of nitrogens with one attached hydrogen (secondary N) is 1. The van der Waals surface area contributed by atoms with E-state index in [9.17, 15) is 0 Å². The van der Waals surface area contributed by atoms with E-state index in [-0.39, 0.29) is 0 Å². The molecule has 16 heavy (non-hydrogen) atoms. The van der Waals surface area contributed by atoms with Crippen molar-refractivity contribution in [3.63, 3.8) is 0 Å². The van der Waals surface area contributed by atoms with Crippen LogP contribution in [0.4, 0.5) is 0 Å². The maximum Gasteiger partial charge on any atom is 0.0234 e. The summed E-state index contributed by atoms with van der Waals surface area (Å²) >= 11 is 0. The molecule has 0 radical (unpaired) electrons. The molecule has 2 fully saturated rings. The fourth-order valence-corrected chi connectivity index (χ4v) is 3.15. The van der Waals surface area contributed by atoms with Gasteiger partial charge in [0.1, 0.15) is 0 Å². The molecule has 0 aliphatic carbocycles. The lowest BCUT2D eigenvalue weighted by Crippen LogP contribution is -2.25. The standard InChI is InChI=1S/C14H20N2/c1-11-3-2-4-12(5-11)8-16-9-13-6-15-7-14(13)10-16/h2-5,13-15H,6-10H2,1H3. The van der Waals surface area contributed by atoms with E-state index in [0.717, 1.165) is 18.4 Å². The van der Waals surface area contributed by atoms with Gasteiger partial charge in [-0.1, -0.05) is 29.8 Å². The molecule has 1 N–H and O–H groups in total. The summed E-state index contributed by atoms with van der Waals surface area (Å²) in [5.41, 5.74) is 2.84. The molecule has 0 spiro atoms. The van der Waals surface area contributed by atoms with Gasteiger partial charge in [-0.25, -0.2) is 0 Å². The van der Waals surface area contributed by atoms with E-state index in [1.165, 1.54) is 37.3 Å². The molecule has 0 aromatic heterocycles. The maximum absolute atomic E-state index is 3.49. The zero-order chi connectivity index (χ0) is 11.0. The van der Waals surface area contributed by atoms with Crippen LogP contribution in [-0.2, 0) is 6.54 Å². The van der Waals surface area contributed by atoms with E-state index >= 15 is 0 Å². The monoisotopic (exact) mass is 216 g/mol. The van der Waals surface area contributed by atoms with Crippen LogP contribution in [0, 0.1) is 18.8 Å². The number of aryl methyl sites for hydroxylation is 1. The molecule has 2 saturated heterocycles. The molecule has 1 aromatic rings. The Kier molecular flexibility index (Phi) is 2.70. The van der Waals surface area contributed by atoms with E-state index in [0.29, 0.717) is 0 Å². The number of hydrogen-bond donors (Lipinski definition) is 1. The SMILES string of the molecule is Cc1cccc(CN2CC3CNCC3C2)c1. The molecule has 2 heterocycles. The first-order valence-corrected chi connectivity index (χ1v) is 6.30. The molecule has 2 aliphatic heterocycles. The van der Waals surface area contributed by atoms with Gasteiger partial charge in [-0.3, -0.25) is 4.90 Å². The minimum atomic E-state index is 0.907. The minimum Gasteiger partial charge on any atom is -0.316 e. The molecule has 2 nitrogen and oxygen atoms in total. The van der Waals surface area contributed by atoms with Crippen LogP contribution in [0.5, 0.6) is 0 Å². The van der Waals surface area contributed by atoms with Crippen LogP contribution >= 0.6 is 0 Å². The number of benzene rings is 1. The fourth-order valence-electron chi connectivity index (χ4n) is 3.15. The summed E-state index contributed by atoms with van der Waals surface area (Å²) < 4.78 is 0. The van der Waals surface area contributed by atoms with E-state index in [4.69, 9.17) is 0 Å². The molecule has 2 atom stereocenters. The highest BCUT2D eigenvalue weighted by atomic mass is 15.2. The summed E-state index contributed by atoms with van der Waals surface area (Å²) in [6.45, 7) is 8.34. The normalized spacial score (nSPS) is 29.6. The topological polar surface area (TPSA) is 15.3 Å². The average molecular weight is 216 g/mol. The van der Waals surface area contributed by atoms with Gasteiger partial charge in [0, 0.05) is 19.6 Å². The van der Waals surface area contributed by atoms with E-state index in [1.54, 1.807) is 0 Å². The smallest absolute Gasteiger partial charge is 0.0234 e. The van der Waals surface area contributed by atoms with Gasteiger partial charge in [0.05, 0.1) is 0 Å². The lowest BCUT2D eigenvalue weighted by atomic mass is 10.0. The van der Waals surface area contributed by atoms with Crippen molar-refractivity contribution in [2.75, 3.05) is 26.2 Å². The van der Waals surface area contributed by atoms with Crippen molar-refractivity contribution in [3.05, 3.63) is 35.4 Å². The van der Waals surface area contributed by atoms with Gasteiger partial charge < -0.3 is 5.32 Å². The van der Waals surface area contributed by atoms with Gasteiger partial charge in [-0.2, -0.15) is 0 Å². The Morgan fingerprint density at radius 3 is 2.69 bits per heavy atom. The predicted octanol–water partition coefficient (Wildman–Crippen LogP) is 1.65. The number of likely N-dealkylation sites (tertiary alicyclic amines) is 1. The molecule has 2 heteroatoms. The zero-order valence-electron chi connectivity index (χ0n) is 9.95. The van der Waals surface area contributed by atoms with Crippen molar-refractivity contribution in [2.45, 2.75) is 13.5 Å². The highest BCUT2D eigenvalue weighted by Gasteiger charge is 2.35. The largest absolute Gasteiger partial charge is 0.316 e. The molecular weight excluding hydrogens is 196 g/mol. The van der Waals surface area contributed by atoms with Crippen LogP contribution in [0.15, 0.2) is 24.3 Å². The number of hydrogen-bond acceptors (Lipinski definition) is 2. The Morgan fingerprint density at radius 2 is 2.00 bits per heavy atom. The zero-order valence-corrected chi connectivity index (χ0v) is 9.95. The molecule has 2 unspecified atom stereocenters. The first-order chi connectivity index (χ1) is 7.81. The second-order valence-corrected chi connectivity index (χ2v) is 5.36. The molecule has 86 valence electrons. The fraction of sp³-hybridized carbons (Fsp3) is 0.571. The summed E-state index contributed by atoms with van der Waals surface area (Å²) in [6, 6.07) is 8.90. The van der Waals surface area contributed by atoms with Crippen molar-refractivity contribution in [1.82, 2.24) is 10.2 Å². The van der Waals surface area contributed by atoms with Crippen molar-refractivity contribution in [2.24, 2.45) is 11.8 Å². The van der Waals surface area contributed by atoms with Crippen molar-refractivity contribution in [1.29, 1.82) is 0 Å². The van der Waals surface area contributed by atoms with Gasteiger partial charge in [0.25, 0.3) is 0 Å². The summed E-state index contributed by atoms with van der Waals surface area (Å²) in [7, 11) is 0. The summed E-state index contributed by atoms with van der Waals surface area (Å²) in [6.07, 6.45) is 0. The summed E-state index contributed by atoms with van der Waals surface area (Å²) in [5, 5.41) is 3.49. The van der Waals surface area contributed by atoms with Crippen LogP contribution in [0.2, 0.25) is 0 Å². The lowest BCUT2D eigenvalue weighted by Gasteiger charge is -2.17. The van der Waals surface area contributed by atoms with Gasteiger partial charge >= 0.3 is 0 Å². The Bertz CT molecular complexity index is 363. The second-order valence-electron chi connectivity index (χ2n) is 5.36. The van der Waals surface area contributed by atoms with E-state index in [1.807, 2.05) is 0 Å². The van der Waals surface area contributed by atoms with Crippen LogP contribution in [0.25, 0.3) is 0 Å². The summed E-state index contributed by atoms with van der Waals surface area (Å²) in [5.74, 6) is 1.81. The average Bonchev–Trinajstić information content (AvgIpc) is 2.77. The van der Waals surface area contributed by atoms with E-state index < -0.39 is 0 Å². The minimum absolute atomic E-state index is 0.907. The summed E-state index contributed by atoms with van der Waals surface area (Å²) in [4.78, 5) is 2.62. The molecular formula is C14H20N2. The number of fused-ring (bicyclic) bond motifs is 1. The van der Waals surface area contributed by atoms with Gasteiger partial charge in [-0.15, -0.1) is 0 Å². The lowest BCUT2D eigenvalue weighted by molar-refractivity contribution is 0.305. The highest BCUT2D eigenvalue weighted by molar-refractivity contribution is 5.22.